The largest absolute Gasteiger partial charge is 0.457 e. The first-order valence-corrected chi connectivity index (χ1v) is 6.00. The second-order valence-corrected chi connectivity index (χ2v) is 4.14. The van der Waals surface area contributed by atoms with Crippen LogP contribution in [0.1, 0.15) is 11.1 Å². The summed E-state index contributed by atoms with van der Waals surface area (Å²) in [5.41, 5.74) is 1.30. The molecule has 0 fully saturated rings. The summed E-state index contributed by atoms with van der Waals surface area (Å²) in [6.45, 7) is -0.224. The molecule has 0 heterocycles. The first-order valence-electron chi connectivity index (χ1n) is 6.00. The summed E-state index contributed by atoms with van der Waals surface area (Å²) in [6, 6.07) is 11.4. The van der Waals surface area contributed by atoms with E-state index in [2.05, 4.69) is 0 Å². The van der Waals surface area contributed by atoms with E-state index in [1.54, 1.807) is 12.1 Å². The smallest absolute Gasteiger partial charge is 0.130 e. The maximum absolute atomic E-state index is 13.3. The van der Waals surface area contributed by atoms with Crippen molar-refractivity contribution in [1.29, 1.82) is 0 Å². The van der Waals surface area contributed by atoms with Gasteiger partial charge < -0.3 is 14.9 Å². The third-order valence-electron chi connectivity index (χ3n) is 2.70. The molecular weight excluding hydrogens is 247 g/mol. The summed E-state index contributed by atoms with van der Waals surface area (Å²) in [7, 11) is 0. The monoisotopic (exact) mass is 262 g/mol. The highest BCUT2D eigenvalue weighted by molar-refractivity contribution is 5.39. The van der Waals surface area contributed by atoms with Crippen LogP contribution in [0.15, 0.2) is 42.5 Å². The lowest BCUT2D eigenvalue weighted by atomic mass is 10.1. The lowest BCUT2D eigenvalue weighted by Crippen LogP contribution is -1.96. The highest BCUT2D eigenvalue weighted by Crippen LogP contribution is 2.27. The van der Waals surface area contributed by atoms with Gasteiger partial charge in [0.05, 0.1) is 6.61 Å². The summed E-state index contributed by atoms with van der Waals surface area (Å²) in [4.78, 5) is 0. The average Bonchev–Trinajstić information content (AvgIpc) is 2.40. The Bertz CT molecular complexity index is 555. The molecule has 0 atom stereocenters. The predicted molar refractivity (Wildman–Crippen MR) is 69.6 cm³/mol. The van der Waals surface area contributed by atoms with Crippen LogP contribution in [0.4, 0.5) is 4.39 Å². The lowest BCUT2D eigenvalue weighted by molar-refractivity contribution is 0.280. The fourth-order valence-corrected chi connectivity index (χ4v) is 1.83. The van der Waals surface area contributed by atoms with Crippen molar-refractivity contribution in [2.45, 2.75) is 13.0 Å². The van der Waals surface area contributed by atoms with Crippen molar-refractivity contribution in [3.05, 3.63) is 59.4 Å². The zero-order chi connectivity index (χ0) is 13.7. The highest BCUT2D eigenvalue weighted by atomic mass is 19.1. The third kappa shape index (κ3) is 3.53. The number of ether oxygens (including phenoxy) is 1. The number of hydrogen-bond donors (Lipinski definition) is 2. The summed E-state index contributed by atoms with van der Waals surface area (Å²) < 4.78 is 19.0. The van der Waals surface area contributed by atoms with E-state index in [0.717, 1.165) is 5.56 Å². The molecule has 2 aromatic carbocycles. The fraction of sp³-hybridized carbons (Fsp3) is 0.200. The molecule has 2 rings (SSSR count). The van der Waals surface area contributed by atoms with Gasteiger partial charge in [0.1, 0.15) is 17.3 Å². The van der Waals surface area contributed by atoms with Crippen molar-refractivity contribution in [1.82, 2.24) is 0 Å². The van der Waals surface area contributed by atoms with Gasteiger partial charge in [-0.25, -0.2) is 4.39 Å². The van der Waals surface area contributed by atoms with E-state index in [0.29, 0.717) is 23.5 Å². The molecule has 2 aromatic rings. The number of rotatable bonds is 5. The van der Waals surface area contributed by atoms with Crippen LogP contribution in [0.2, 0.25) is 0 Å². The molecular formula is C15H15FO3. The Morgan fingerprint density at radius 1 is 1.05 bits per heavy atom. The number of aliphatic hydroxyl groups is 2. The van der Waals surface area contributed by atoms with E-state index in [9.17, 15) is 4.39 Å². The molecule has 19 heavy (non-hydrogen) atoms. The van der Waals surface area contributed by atoms with E-state index in [-0.39, 0.29) is 13.2 Å². The fourth-order valence-electron chi connectivity index (χ4n) is 1.83. The van der Waals surface area contributed by atoms with Crippen molar-refractivity contribution < 1.29 is 19.3 Å². The van der Waals surface area contributed by atoms with Gasteiger partial charge in [-0.15, -0.1) is 0 Å². The van der Waals surface area contributed by atoms with Gasteiger partial charge in [-0.1, -0.05) is 18.2 Å². The van der Waals surface area contributed by atoms with Crippen LogP contribution < -0.4 is 4.74 Å². The maximum Gasteiger partial charge on any atom is 0.130 e. The van der Waals surface area contributed by atoms with Gasteiger partial charge in [0.15, 0.2) is 0 Å². The first kappa shape index (κ1) is 13.5. The van der Waals surface area contributed by atoms with E-state index in [1.807, 2.05) is 18.2 Å². The van der Waals surface area contributed by atoms with Crippen LogP contribution in [0.5, 0.6) is 11.5 Å². The number of aliphatic hydroxyl groups excluding tert-OH is 2. The molecule has 0 bridgehead atoms. The minimum atomic E-state index is -0.457. The lowest BCUT2D eigenvalue weighted by Gasteiger charge is -2.11. The van der Waals surface area contributed by atoms with Crippen LogP contribution in [0.25, 0.3) is 0 Å². The molecule has 4 heteroatoms. The normalized spacial score (nSPS) is 10.5. The number of benzene rings is 2. The zero-order valence-corrected chi connectivity index (χ0v) is 10.3. The molecule has 0 aliphatic heterocycles. The topological polar surface area (TPSA) is 49.7 Å². The SMILES string of the molecule is OCCc1ccccc1Oc1cc(F)cc(CO)c1. The molecule has 0 aliphatic carbocycles. The minimum Gasteiger partial charge on any atom is -0.457 e. The number of hydrogen-bond acceptors (Lipinski definition) is 3. The third-order valence-corrected chi connectivity index (χ3v) is 2.70. The summed E-state index contributed by atoms with van der Waals surface area (Å²) in [6.07, 6.45) is 0.471. The summed E-state index contributed by atoms with van der Waals surface area (Å²) in [5, 5.41) is 18.0. The Morgan fingerprint density at radius 3 is 2.58 bits per heavy atom. The van der Waals surface area contributed by atoms with Crippen LogP contribution >= 0.6 is 0 Å². The van der Waals surface area contributed by atoms with E-state index < -0.39 is 5.82 Å². The second kappa shape index (κ2) is 6.31. The quantitative estimate of drug-likeness (QED) is 0.871. The van der Waals surface area contributed by atoms with Gasteiger partial charge in [-0.3, -0.25) is 0 Å². The Hall–Kier alpha value is -1.91. The van der Waals surface area contributed by atoms with E-state index in [4.69, 9.17) is 14.9 Å². The second-order valence-electron chi connectivity index (χ2n) is 4.14. The van der Waals surface area contributed by atoms with Crippen molar-refractivity contribution in [2.75, 3.05) is 6.61 Å². The molecule has 0 aliphatic rings. The van der Waals surface area contributed by atoms with Gasteiger partial charge in [-0.05, 0) is 35.7 Å². The average molecular weight is 262 g/mol. The van der Waals surface area contributed by atoms with Gasteiger partial charge in [0, 0.05) is 12.7 Å². The summed E-state index contributed by atoms with van der Waals surface area (Å²) >= 11 is 0. The molecule has 2 N–H and O–H groups in total. The Morgan fingerprint density at radius 2 is 1.84 bits per heavy atom. The van der Waals surface area contributed by atoms with Crippen molar-refractivity contribution in [3.8, 4) is 11.5 Å². The number of para-hydroxylation sites is 1. The Balaban J connectivity index is 2.28. The molecule has 0 saturated carbocycles. The number of halogens is 1. The molecule has 0 spiro atoms. The van der Waals surface area contributed by atoms with E-state index in [1.165, 1.54) is 12.1 Å². The highest BCUT2D eigenvalue weighted by Gasteiger charge is 2.06. The predicted octanol–water partition coefficient (Wildman–Crippen LogP) is 2.65. The maximum atomic E-state index is 13.3. The molecule has 0 aromatic heterocycles. The van der Waals surface area contributed by atoms with Crippen LogP contribution in [0, 0.1) is 5.82 Å². The minimum absolute atomic E-state index is 0.0193. The zero-order valence-electron chi connectivity index (χ0n) is 10.3. The van der Waals surface area contributed by atoms with Gasteiger partial charge in [-0.2, -0.15) is 0 Å². The Labute approximate surface area is 110 Å². The standard InChI is InChI=1S/C15H15FO3/c16-13-7-11(10-18)8-14(9-13)19-15-4-2-1-3-12(15)5-6-17/h1-4,7-9,17-18H,5-6,10H2. The van der Waals surface area contributed by atoms with Crippen LogP contribution in [0.3, 0.4) is 0 Å². The summed E-state index contributed by atoms with van der Waals surface area (Å²) in [5.74, 6) is 0.446. The van der Waals surface area contributed by atoms with Gasteiger partial charge in [0.2, 0.25) is 0 Å². The van der Waals surface area contributed by atoms with Gasteiger partial charge in [0.25, 0.3) is 0 Å². The molecule has 0 radical (unpaired) electrons. The van der Waals surface area contributed by atoms with Crippen molar-refractivity contribution >= 4 is 0 Å². The molecule has 0 saturated heterocycles. The first-order chi connectivity index (χ1) is 9.22. The van der Waals surface area contributed by atoms with Crippen molar-refractivity contribution in [2.24, 2.45) is 0 Å². The van der Waals surface area contributed by atoms with Crippen LogP contribution in [-0.4, -0.2) is 16.8 Å². The molecule has 3 nitrogen and oxygen atoms in total. The Kier molecular flexibility index (Phi) is 4.49. The van der Waals surface area contributed by atoms with Crippen molar-refractivity contribution in [3.63, 3.8) is 0 Å². The van der Waals surface area contributed by atoms with Crippen LogP contribution in [-0.2, 0) is 13.0 Å². The molecule has 0 amide bonds. The van der Waals surface area contributed by atoms with E-state index >= 15 is 0 Å². The van der Waals surface area contributed by atoms with Gasteiger partial charge >= 0.3 is 0 Å². The molecule has 0 unspecified atom stereocenters. The molecule has 100 valence electrons.